The molecule has 9 rings (SSSR count). The fourth-order valence-electron chi connectivity index (χ4n) is 6.48. The summed E-state index contributed by atoms with van der Waals surface area (Å²) in [5.74, 6) is 0.620. The van der Waals surface area contributed by atoms with E-state index in [9.17, 15) is 0 Å². The molecular weight excluding hydrogens is 576 g/mol. The predicted octanol–water partition coefficient (Wildman–Crippen LogP) is 12.2. The van der Waals surface area contributed by atoms with Gasteiger partial charge in [0.15, 0.2) is 5.58 Å². The first-order valence-electron chi connectivity index (χ1n) is 15.7. The van der Waals surface area contributed by atoms with Crippen LogP contribution in [-0.2, 0) is 0 Å². The Bertz CT molecular complexity index is 2510. The van der Waals surface area contributed by atoms with E-state index in [0.29, 0.717) is 5.89 Å². The number of nitrogens with zero attached hydrogens (tertiary/aromatic N) is 2. The molecule has 0 unspecified atom stereocenters. The smallest absolute Gasteiger partial charge is 0.227 e. The summed E-state index contributed by atoms with van der Waals surface area (Å²) in [5.41, 5.74) is 11.8. The molecule has 7 aromatic carbocycles. The number of furan rings is 1. The largest absolute Gasteiger partial charge is 0.456 e. The minimum atomic E-state index is 0.620. The lowest BCUT2D eigenvalue weighted by molar-refractivity contribution is 0.621. The monoisotopic (exact) mass is 604 g/mol. The van der Waals surface area contributed by atoms with Gasteiger partial charge in [0, 0.05) is 44.9 Å². The zero-order valence-corrected chi connectivity index (χ0v) is 25.4. The van der Waals surface area contributed by atoms with Gasteiger partial charge in [0.05, 0.1) is 5.69 Å². The van der Waals surface area contributed by atoms with Gasteiger partial charge in [-0.05, 0) is 65.7 Å². The minimum absolute atomic E-state index is 0.620. The average Bonchev–Trinajstić information content (AvgIpc) is 3.75. The van der Waals surface area contributed by atoms with Crippen LogP contribution in [0.3, 0.4) is 0 Å². The molecule has 0 bridgehead atoms. The predicted molar refractivity (Wildman–Crippen MR) is 192 cm³/mol. The van der Waals surface area contributed by atoms with Gasteiger partial charge in [-0.3, -0.25) is 0 Å². The van der Waals surface area contributed by atoms with Crippen LogP contribution >= 0.6 is 0 Å². The van der Waals surface area contributed by atoms with Gasteiger partial charge in [-0.25, -0.2) is 4.98 Å². The Labute approximate surface area is 271 Å². The highest BCUT2D eigenvalue weighted by atomic mass is 16.3. The van der Waals surface area contributed by atoms with Gasteiger partial charge in [-0.1, -0.05) is 109 Å². The number of aromatic nitrogens is 1. The Kier molecular flexibility index (Phi) is 6.43. The second kappa shape index (κ2) is 11.2. The molecule has 0 amide bonds. The van der Waals surface area contributed by atoms with Crippen LogP contribution in [0.2, 0.25) is 0 Å². The first-order chi connectivity index (χ1) is 23.3. The molecule has 9 aromatic rings. The van der Waals surface area contributed by atoms with E-state index < -0.39 is 0 Å². The minimum Gasteiger partial charge on any atom is -0.456 e. The summed E-state index contributed by atoms with van der Waals surface area (Å²) in [6, 6.07) is 58.6. The van der Waals surface area contributed by atoms with Crippen LogP contribution in [0.25, 0.3) is 66.7 Å². The second-order valence-electron chi connectivity index (χ2n) is 11.6. The van der Waals surface area contributed by atoms with Gasteiger partial charge in [-0.15, -0.1) is 0 Å². The molecule has 2 heterocycles. The maximum Gasteiger partial charge on any atom is 0.227 e. The highest BCUT2D eigenvalue weighted by molar-refractivity contribution is 6.06. The maximum atomic E-state index is 6.35. The van der Waals surface area contributed by atoms with Crippen molar-refractivity contribution in [1.29, 1.82) is 0 Å². The first kappa shape index (κ1) is 27.0. The van der Waals surface area contributed by atoms with E-state index >= 15 is 0 Å². The van der Waals surface area contributed by atoms with E-state index in [0.717, 1.165) is 77.9 Å². The number of para-hydroxylation sites is 3. The molecule has 0 saturated carbocycles. The summed E-state index contributed by atoms with van der Waals surface area (Å²) in [4.78, 5) is 7.10. The quantitative estimate of drug-likeness (QED) is 0.189. The van der Waals surface area contributed by atoms with Crippen molar-refractivity contribution in [2.24, 2.45) is 0 Å². The molecule has 0 aliphatic rings. The van der Waals surface area contributed by atoms with Gasteiger partial charge in [0.2, 0.25) is 5.89 Å². The van der Waals surface area contributed by atoms with E-state index in [1.54, 1.807) is 0 Å². The molecule has 0 radical (unpaired) electrons. The standard InChI is InChI=1S/C43H28N2O2/c1-3-12-29(13-4-1)34-16-7-9-20-39(34)45(33-26-27-37-36-17-8-10-21-40(36)46-41(37)28-33)32-24-22-30(23-25-32)35-18-11-19-38-42(35)47-43(44-38)31-14-5-2-6-15-31/h1-28H. The van der Waals surface area contributed by atoms with Gasteiger partial charge in [0.1, 0.15) is 16.7 Å². The van der Waals surface area contributed by atoms with Crippen LogP contribution < -0.4 is 4.90 Å². The lowest BCUT2D eigenvalue weighted by Crippen LogP contribution is -2.11. The zero-order chi connectivity index (χ0) is 31.2. The maximum absolute atomic E-state index is 6.35. The summed E-state index contributed by atoms with van der Waals surface area (Å²) >= 11 is 0. The van der Waals surface area contributed by atoms with Crippen LogP contribution in [0.5, 0.6) is 0 Å². The molecule has 0 aliphatic carbocycles. The van der Waals surface area contributed by atoms with Crippen molar-refractivity contribution >= 4 is 50.1 Å². The third-order valence-electron chi connectivity index (χ3n) is 8.72. The van der Waals surface area contributed by atoms with E-state index in [1.807, 2.05) is 54.6 Å². The van der Waals surface area contributed by atoms with Gasteiger partial charge < -0.3 is 13.7 Å². The van der Waals surface area contributed by atoms with Crippen molar-refractivity contribution in [3.05, 3.63) is 170 Å². The SMILES string of the molecule is c1ccc(-c2nc3cccc(-c4ccc(N(c5ccc6c(c5)oc5ccccc56)c5ccccc5-c5ccccc5)cc4)c3o2)cc1. The highest BCUT2D eigenvalue weighted by Crippen LogP contribution is 2.43. The molecule has 0 atom stereocenters. The number of benzene rings is 7. The van der Waals surface area contributed by atoms with E-state index in [4.69, 9.17) is 13.8 Å². The molecule has 0 N–H and O–H groups in total. The number of fused-ring (bicyclic) bond motifs is 4. The third kappa shape index (κ3) is 4.75. The molecule has 4 nitrogen and oxygen atoms in total. The third-order valence-corrected chi connectivity index (χ3v) is 8.72. The first-order valence-corrected chi connectivity index (χ1v) is 15.7. The topological polar surface area (TPSA) is 42.4 Å². The van der Waals surface area contributed by atoms with Crippen LogP contribution in [0, 0.1) is 0 Å². The summed E-state index contributed by atoms with van der Waals surface area (Å²) in [7, 11) is 0. The van der Waals surface area contributed by atoms with Crippen LogP contribution in [0.1, 0.15) is 0 Å². The summed E-state index contributed by atoms with van der Waals surface area (Å²) in [5, 5.41) is 2.22. The van der Waals surface area contributed by atoms with E-state index in [-0.39, 0.29) is 0 Å². The Morgan fingerprint density at radius 3 is 1.89 bits per heavy atom. The number of rotatable bonds is 6. The Balaban J connectivity index is 1.18. The van der Waals surface area contributed by atoms with Crippen molar-refractivity contribution in [3.8, 4) is 33.7 Å². The van der Waals surface area contributed by atoms with E-state index in [1.165, 1.54) is 0 Å². The molecule has 0 spiro atoms. The molecule has 47 heavy (non-hydrogen) atoms. The van der Waals surface area contributed by atoms with Crippen molar-refractivity contribution in [2.45, 2.75) is 0 Å². The van der Waals surface area contributed by atoms with Crippen LogP contribution in [0.4, 0.5) is 17.1 Å². The zero-order valence-electron chi connectivity index (χ0n) is 25.4. The number of oxazole rings is 1. The molecular formula is C43H28N2O2. The Morgan fingerprint density at radius 1 is 0.426 bits per heavy atom. The van der Waals surface area contributed by atoms with Gasteiger partial charge in [-0.2, -0.15) is 0 Å². The molecule has 0 fully saturated rings. The van der Waals surface area contributed by atoms with Crippen molar-refractivity contribution in [2.75, 3.05) is 4.90 Å². The lowest BCUT2D eigenvalue weighted by atomic mass is 10.0. The Hall–Kier alpha value is -6.39. The van der Waals surface area contributed by atoms with Crippen molar-refractivity contribution in [3.63, 3.8) is 0 Å². The molecule has 2 aromatic heterocycles. The lowest BCUT2D eigenvalue weighted by Gasteiger charge is -2.28. The summed E-state index contributed by atoms with van der Waals surface area (Å²) in [6.45, 7) is 0. The summed E-state index contributed by atoms with van der Waals surface area (Å²) < 4.78 is 12.7. The van der Waals surface area contributed by atoms with Crippen LogP contribution in [0.15, 0.2) is 179 Å². The van der Waals surface area contributed by atoms with Gasteiger partial charge >= 0.3 is 0 Å². The fraction of sp³-hybridized carbons (Fsp3) is 0. The second-order valence-corrected chi connectivity index (χ2v) is 11.6. The normalized spacial score (nSPS) is 11.4. The summed E-state index contributed by atoms with van der Waals surface area (Å²) in [6.07, 6.45) is 0. The number of hydrogen-bond donors (Lipinski definition) is 0. The number of anilines is 3. The van der Waals surface area contributed by atoms with Crippen molar-refractivity contribution in [1.82, 2.24) is 4.98 Å². The molecule has 4 heteroatoms. The number of hydrogen-bond acceptors (Lipinski definition) is 4. The fourth-order valence-corrected chi connectivity index (χ4v) is 6.48. The average molecular weight is 605 g/mol. The van der Waals surface area contributed by atoms with Gasteiger partial charge in [0.25, 0.3) is 0 Å². The Morgan fingerprint density at radius 2 is 1.06 bits per heavy atom. The molecule has 0 saturated heterocycles. The van der Waals surface area contributed by atoms with Crippen molar-refractivity contribution < 1.29 is 8.83 Å². The van der Waals surface area contributed by atoms with Crippen LogP contribution in [-0.4, -0.2) is 4.98 Å². The van der Waals surface area contributed by atoms with E-state index in [2.05, 4.69) is 120 Å². The highest BCUT2D eigenvalue weighted by Gasteiger charge is 2.20. The molecule has 0 aliphatic heterocycles. The molecule has 222 valence electrons.